The molecule has 0 unspecified atom stereocenters. The predicted molar refractivity (Wildman–Crippen MR) is 95.3 cm³/mol. The van der Waals surface area contributed by atoms with Crippen molar-refractivity contribution in [1.29, 1.82) is 0 Å². The van der Waals surface area contributed by atoms with Crippen LogP contribution in [0.2, 0.25) is 0 Å². The van der Waals surface area contributed by atoms with Gasteiger partial charge in [0.2, 0.25) is 15.9 Å². The van der Waals surface area contributed by atoms with E-state index in [9.17, 15) is 26.7 Å². The van der Waals surface area contributed by atoms with Crippen LogP contribution in [0.3, 0.4) is 0 Å². The van der Waals surface area contributed by atoms with Crippen molar-refractivity contribution in [3.05, 3.63) is 18.2 Å². The lowest BCUT2D eigenvalue weighted by Crippen LogP contribution is -2.46. The Bertz CT molecular complexity index is 897. The Morgan fingerprint density at radius 3 is 2.50 bits per heavy atom. The number of methoxy groups -OCH3 is 1. The van der Waals surface area contributed by atoms with E-state index in [-0.39, 0.29) is 28.8 Å². The van der Waals surface area contributed by atoms with Gasteiger partial charge in [-0.2, -0.15) is 4.31 Å². The van der Waals surface area contributed by atoms with Crippen LogP contribution in [0.15, 0.2) is 23.1 Å². The SMILES string of the molecule is CCN([C@@H]1CS(=O)(=O)C[C@@H]1O)S(=O)(=O)c1cc(NC(C)=O)ccc1OC. The minimum Gasteiger partial charge on any atom is -0.495 e. The van der Waals surface area contributed by atoms with Gasteiger partial charge in [0.05, 0.1) is 30.8 Å². The molecule has 1 heterocycles. The van der Waals surface area contributed by atoms with E-state index in [1.165, 1.54) is 32.2 Å². The van der Waals surface area contributed by atoms with Gasteiger partial charge < -0.3 is 15.2 Å². The number of carbonyl (C=O) groups is 1. The maximum Gasteiger partial charge on any atom is 0.247 e. The minimum absolute atomic E-state index is 0.0346. The Morgan fingerprint density at radius 1 is 1.38 bits per heavy atom. The van der Waals surface area contributed by atoms with Gasteiger partial charge in [0.25, 0.3) is 0 Å². The number of amides is 1. The summed E-state index contributed by atoms with van der Waals surface area (Å²) in [5.41, 5.74) is 0.257. The summed E-state index contributed by atoms with van der Waals surface area (Å²) < 4.78 is 55.9. The van der Waals surface area contributed by atoms with Crippen LogP contribution in [0.25, 0.3) is 0 Å². The first-order chi connectivity index (χ1) is 12.0. The smallest absolute Gasteiger partial charge is 0.247 e. The first-order valence-electron chi connectivity index (χ1n) is 7.87. The monoisotopic (exact) mass is 406 g/mol. The summed E-state index contributed by atoms with van der Waals surface area (Å²) in [7, 11) is -6.41. The minimum atomic E-state index is -4.19. The van der Waals surface area contributed by atoms with Gasteiger partial charge in [-0.1, -0.05) is 6.92 Å². The molecule has 1 aromatic carbocycles. The molecule has 0 aliphatic carbocycles. The molecule has 2 rings (SSSR count). The summed E-state index contributed by atoms with van der Waals surface area (Å²) in [6, 6.07) is 3.05. The van der Waals surface area contributed by atoms with E-state index < -0.39 is 43.5 Å². The molecule has 26 heavy (non-hydrogen) atoms. The number of sulfone groups is 1. The highest BCUT2D eigenvalue weighted by molar-refractivity contribution is 7.92. The van der Waals surface area contributed by atoms with Crippen LogP contribution in [0.1, 0.15) is 13.8 Å². The Balaban J connectivity index is 2.52. The number of hydrogen-bond acceptors (Lipinski definition) is 7. The van der Waals surface area contributed by atoms with E-state index in [0.717, 1.165) is 4.31 Å². The van der Waals surface area contributed by atoms with Crippen LogP contribution >= 0.6 is 0 Å². The first kappa shape index (κ1) is 20.6. The molecule has 1 fully saturated rings. The summed E-state index contributed by atoms with van der Waals surface area (Å²) in [6.07, 6.45) is -1.31. The first-order valence-corrected chi connectivity index (χ1v) is 11.1. The van der Waals surface area contributed by atoms with Gasteiger partial charge in [-0.25, -0.2) is 16.8 Å². The summed E-state index contributed by atoms with van der Waals surface area (Å²) in [6.45, 7) is 2.81. The largest absolute Gasteiger partial charge is 0.495 e. The highest BCUT2D eigenvalue weighted by Crippen LogP contribution is 2.32. The number of sulfonamides is 1. The maximum atomic E-state index is 13.2. The Labute approximate surface area is 152 Å². The number of nitrogens with one attached hydrogen (secondary N) is 1. The molecular formula is C15H22N2O7S2. The number of ether oxygens (including phenoxy) is 1. The lowest BCUT2D eigenvalue weighted by Gasteiger charge is -2.28. The standard InChI is InChI=1S/C15H22N2O7S2/c1-4-17(12-8-25(20,21)9-13(12)19)26(22,23)15-7-11(16-10(2)18)5-6-14(15)24-3/h5-7,12-13,19H,4,8-9H2,1-3H3,(H,16,18)/t12-,13+/m1/s1. The zero-order valence-corrected chi connectivity index (χ0v) is 16.3. The Kier molecular flexibility index (Phi) is 5.95. The van der Waals surface area contributed by atoms with Gasteiger partial charge in [0, 0.05) is 19.2 Å². The molecule has 0 spiro atoms. The second-order valence-electron chi connectivity index (χ2n) is 5.97. The average Bonchev–Trinajstić information content (AvgIpc) is 2.79. The van der Waals surface area contributed by atoms with Gasteiger partial charge in [-0.15, -0.1) is 0 Å². The molecule has 0 bridgehead atoms. The number of benzene rings is 1. The zero-order valence-electron chi connectivity index (χ0n) is 14.7. The van der Waals surface area contributed by atoms with Crippen molar-refractivity contribution in [1.82, 2.24) is 4.31 Å². The quantitative estimate of drug-likeness (QED) is 0.670. The number of carbonyl (C=O) groups excluding carboxylic acids is 1. The van der Waals surface area contributed by atoms with E-state index >= 15 is 0 Å². The number of likely N-dealkylation sites (N-methyl/N-ethyl adjacent to an activating group) is 1. The maximum absolute atomic E-state index is 13.2. The number of aliphatic hydroxyl groups excluding tert-OH is 1. The van der Waals surface area contributed by atoms with E-state index in [0.29, 0.717) is 0 Å². The topological polar surface area (TPSA) is 130 Å². The molecule has 1 aliphatic rings. The lowest BCUT2D eigenvalue weighted by atomic mass is 10.2. The number of hydrogen-bond donors (Lipinski definition) is 2. The summed E-state index contributed by atoms with van der Waals surface area (Å²) in [5.74, 6) is -1.25. The number of rotatable bonds is 6. The highest BCUT2D eigenvalue weighted by atomic mass is 32.2. The van der Waals surface area contributed by atoms with E-state index in [2.05, 4.69) is 5.32 Å². The Morgan fingerprint density at radius 2 is 2.04 bits per heavy atom. The van der Waals surface area contributed by atoms with Crippen LogP contribution in [-0.2, 0) is 24.7 Å². The van der Waals surface area contributed by atoms with E-state index in [1.54, 1.807) is 6.92 Å². The molecule has 11 heteroatoms. The van der Waals surface area contributed by atoms with E-state index in [1.807, 2.05) is 0 Å². The fraction of sp³-hybridized carbons (Fsp3) is 0.533. The van der Waals surface area contributed by atoms with Crippen molar-refractivity contribution in [2.45, 2.75) is 30.9 Å². The van der Waals surface area contributed by atoms with E-state index in [4.69, 9.17) is 4.74 Å². The second-order valence-corrected chi connectivity index (χ2v) is 9.98. The third-order valence-electron chi connectivity index (χ3n) is 4.05. The van der Waals surface area contributed by atoms with Crippen molar-refractivity contribution in [3.63, 3.8) is 0 Å². The summed E-state index contributed by atoms with van der Waals surface area (Å²) in [5, 5.41) is 12.6. The third kappa shape index (κ3) is 4.17. The van der Waals surface area contributed by atoms with Gasteiger partial charge >= 0.3 is 0 Å². The highest BCUT2D eigenvalue weighted by Gasteiger charge is 2.44. The second kappa shape index (κ2) is 7.51. The lowest BCUT2D eigenvalue weighted by molar-refractivity contribution is -0.114. The molecule has 9 nitrogen and oxygen atoms in total. The molecule has 1 aliphatic heterocycles. The Hall–Kier alpha value is -1.69. The van der Waals surface area contributed by atoms with Gasteiger partial charge in [0.15, 0.2) is 9.84 Å². The van der Waals surface area contributed by atoms with Crippen molar-refractivity contribution in [3.8, 4) is 5.75 Å². The number of aliphatic hydroxyl groups is 1. The fourth-order valence-corrected chi connectivity index (χ4v) is 6.69. The zero-order chi connectivity index (χ0) is 19.7. The average molecular weight is 406 g/mol. The molecular weight excluding hydrogens is 384 g/mol. The van der Waals surface area contributed by atoms with Crippen LogP contribution in [0.4, 0.5) is 5.69 Å². The predicted octanol–water partition coefficient (Wildman–Crippen LogP) is -0.178. The molecule has 146 valence electrons. The number of nitrogens with zero attached hydrogens (tertiary/aromatic N) is 1. The summed E-state index contributed by atoms with van der Waals surface area (Å²) in [4.78, 5) is 11.0. The van der Waals surface area contributed by atoms with Crippen molar-refractivity contribution < 1.29 is 31.5 Å². The van der Waals surface area contributed by atoms with Gasteiger partial charge in [-0.3, -0.25) is 4.79 Å². The molecule has 1 aromatic rings. The van der Waals surface area contributed by atoms with Crippen molar-refractivity contribution in [2.24, 2.45) is 0 Å². The number of anilines is 1. The van der Waals surface area contributed by atoms with Crippen LogP contribution in [0.5, 0.6) is 5.75 Å². The summed E-state index contributed by atoms with van der Waals surface area (Å²) >= 11 is 0. The molecule has 0 saturated carbocycles. The molecule has 1 amide bonds. The normalized spacial score (nSPS) is 22.3. The van der Waals surface area contributed by atoms with Gasteiger partial charge in [-0.05, 0) is 18.2 Å². The van der Waals surface area contributed by atoms with Crippen LogP contribution in [0, 0.1) is 0 Å². The third-order valence-corrected chi connectivity index (χ3v) is 7.77. The molecule has 1 saturated heterocycles. The van der Waals surface area contributed by atoms with Crippen molar-refractivity contribution >= 4 is 31.5 Å². The van der Waals surface area contributed by atoms with Gasteiger partial charge in [0.1, 0.15) is 10.6 Å². The van der Waals surface area contributed by atoms with Crippen LogP contribution < -0.4 is 10.1 Å². The molecule has 2 atom stereocenters. The molecule has 2 N–H and O–H groups in total. The fourth-order valence-electron chi connectivity index (χ4n) is 2.95. The molecule has 0 radical (unpaired) electrons. The molecule has 0 aromatic heterocycles. The van der Waals surface area contributed by atoms with Crippen LogP contribution in [-0.4, -0.2) is 69.5 Å². The van der Waals surface area contributed by atoms with Crippen molar-refractivity contribution in [2.75, 3.05) is 30.5 Å².